The fourth-order valence-corrected chi connectivity index (χ4v) is 4.77. The van der Waals surface area contributed by atoms with E-state index in [1.165, 1.54) is 41.2 Å². The monoisotopic (exact) mass is 446 g/mol. The molecule has 0 amide bonds. The molecule has 0 heterocycles. The Hall–Kier alpha value is -0.940. The molecule has 0 aromatic heterocycles. The van der Waals surface area contributed by atoms with Crippen LogP contribution < -0.4 is 0 Å². The van der Waals surface area contributed by atoms with Gasteiger partial charge in [-0.15, -0.1) is 0 Å². The summed E-state index contributed by atoms with van der Waals surface area (Å²) in [5.41, 5.74) is 2.86. The van der Waals surface area contributed by atoms with Crippen LogP contribution in [-0.2, 0) is 22.3 Å². The number of benzene rings is 2. The topological polar surface area (TPSA) is 18.5 Å². The van der Waals surface area contributed by atoms with Crippen LogP contribution in [-0.4, -0.2) is 49.4 Å². The Kier molecular flexibility index (Phi) is 15.9. The first-order chi connectivity index (χ1) is 14.9. The van der Waals surface area contributed by atoms with Crippen molar-refractivity contribution in [2.75, 3.05) is 49.4 Å². The average molecular weight is 447 g/mol. The van der Waals surface area contributed by atoms with Gasteiger partial charge in [0.1, 0.15) is 0 Å². The van der Waals surface area contributed by atoms with Gasteiger partial charge in [0, 0.05) is 25.6 Å². The van der Waals surface area contributed by atoms with Crippen molar-refractivity contribution in [1.82, 2.24) is 0 Å². The molecule has 166 valence electrons. The quantitative estimate of drug-likeness (QED) is 0.228. The highest BCUT2D eigenvalue weighted by atomic mass is 32.2. The van der Waals surface area contributed by atoms with Crippen molar-refractivity contribution in [1.29, 1.82) is 0 Å². The summed E-state index contributed by atoms with van der Waals surface area (Å²) in [6, 6.07) is 21.4. The van der Waals surface area contributed by atoms with Gasteiger partial charge in [0.2, 0.25) is 0 Å². The molecule has 30 heavy (non-hydrogen) atoms. The maximum Gasteiger partial charge on any atom is 0.0556 e. The standard InChI is InChI=1S/C26H38O2S2/c1-4-11-25(12-5-1)15-22-29-21-10-19-27-17-8-3-9-18-28-20-24-30-23-16-26-13-6-2-7-14-26/h1-2,4-7,11-14H,3,8-10,15-24H2. The Morgan fingerprint density at radius 1 is 0.467 bits per heavy atom. The second kappa shape index (κ2) is 18.8. The van der Waals surface area contributed by atoms with E-state index >= 15 is 0 Å². The van der Waals surface area contributed by atoms with Crippen molar-refractivity contribution in [3.63, 3.8) is 0 Å². The highest BCUT2D eigenvalue weighted by molar-refractivity contribution is 7.99. The number of thioether (sulfide) groups is 2. The van der Waals surface area contributed by atoms with Gasteiger partial charge < -0.3 is 9.47 Å². The highest BCUT2D eigenvalue weighted by Crippen LogP contribution is 2.09. The second-order valence-electron chi connectivity index (χ2n) is 7.33. The Morgan fingerprint density at radius 3 is 1.57 bits per heavy atom. The van der Waals surface area contributed by atoms with E-state index in [2.05, 4.69) is 60.7 Å². The summed E-state index contributed by atoms with van der Waals surface area (Å²) in [5.74, 6) is 4.68. The van der Waals surface area contributed by atoms with E-state index in [9.17, 15) is 0 Å². The molecule has 0 unspecified atom stereocenters. The van der Waals surface area contributed by atoms with Crippen LogP contribution in [0.25, 0.3) is 0 Å². The van der Waals surface area contributed by atoms with E-state index in [1.54, 1.807) is 0 Å². The Labute approximate surface area is 192 Å². The lowest BCUT2D eigenvalue weighted by Gasteiger charge is -2.06. The van der Waals surface area contributed by atoms with Gasteiger partial charge in [0.15, 0.2) is 0 Å². The molecule has 0 spiro atoms. The molecule has 4 heteroatoms. The van der Waals surface area contributed by atoms with Gasteiger partial charge in [-0.1, -0.05) is 60.7 Å². The van der Waals surface area contributed by atoms with Gasteiger partial charge in [-0.25, -0.2) is 0 Å². The zero-order chi connectivity index (χ0) is 21.0. The Balaban J connectivity index is 1.23. The normalized spacial score (nSPS) is 11.1. The Morgan fingerprint density at radius 2 is 0.967 bits per heavy atom. The first-order valence-corrected chi connectivity index (χ1v) is 13.6. The molecule has 0 saturated carbocycles. The molecule has 0 radical (unpaired) electrons. The number of hydrogen-bond donors (Lipinski definition) is 0. The van der Waals surface area contributed by atoms with Gasteiger partial charge >= 0.3 is 0 Å². The van der Waals surface area contributed by atoms with E-state index in [4.69, 9.17) is 9.47 Å². The minimum absolute atomic E-state index is 0.873. The lowest BCUT2D eigenvalue weighted by molar-refractivity contribution is 0.121. The first kappa shape index (κ1) is 25.3. The molecule has 0 bridgehead atoms. The summed E-state index contributed by atoms with van der Waals surface area (Å²) in [6.45, 7) is 3.55. The van der Waals surface area contributed by atoms with Crippen LogP contribution in [0.2, 0.25) is 0 Å². The van der Waals surface area contributed by atoms with Crippen molar-refractivity contribution >= 4 is 23.5 Å². The molecule has 0 aliphatic carbocycles. The number of ether oxygens (including phenoxy) is 2. The van der Waals surface area contributed by atoms with Gasteiger partial charge in [-0.05, 0) is 66.9 Å². The maximum atomic E-state index is 5.75. The molecule has 0 atom stereocenters. The predicted octanol–water partition coefficient (Wildman–Crippen LogP) is 6.53. The van der Waals surface area contributed by atoms with Crippen molar-refractivity contribution < 1.29 is 9.47 Å². The molecule has 2 aromatic carbocycles. The second-order valence-corrected chi connectivity index (χ2v) is 9.78. The highest BCUT2D eigenvalue weighted by Gasteiger charge is 1.96. The smallest absolute Gasteiger partial charge is 0.0556 e. The van der Waals surface area contributed by atoms with E-state index in [1.807, 2.05) is 23.5 Å². The molecule has 0 aliphatic heterocycles. The molecule has 0 saturated heterocycles. The summed E-state index contributed by atoms with van der Waals surface area (Å²) in [6.07, 6.45) is 6.97. The van der Waals surface area contributed by atoms with Crippen molar-refractivity contribution in [3.8, 4) is 0 Å². The molecule has 0 aliphatic rings. The van der Waals surface area contributed by atoms with Crippen LogP contribution in [0.5, 0.6) is 0 Å². The molecule has 2 aromatic rings. The van der Waals surface area contributed by atoms with Gasteiger partial charge in [-0.3, -0.25) is 0 Å². The number of hydrogen-bond acceptors (Lipinski definition) is 4. The summed E-state index contributed by atoms with van der Waals surface area (Å²) < 4.78 is 11.5. The minimum atomic E-state index is 0.873. The third-order valence-electron chi connectivity index (χ3n) is 4.78. The van der Waals surface area contributed by atoms with E-state index < -0.39 is 0 Å². The van der Waals surface area contributed by atoms with Crippen molar-refractivity contribution in [2.45, 2.75) is 38.5 Å². The van der Waals surface area contributed by atoms with E-state index in [0.29, 0.717) is 0 Å². The van der Waals surface area contributed by atoms with Crippen LogP contribution in [0.3, 0.4) is 0 Å². The van der Waals surface area contributed by atoms with E-state index in [0.717, 1.165) is 57.9 Å². The van der Waals surface area contributed by atoms with Crippen LogP contribution in [0.15, 0.2) is 60.7 Å². The van der Waals surface area contributed by atoms with E-state index in [-0.39, 0.29) is 0 Å². The number of aryl methyl sites for hydroxylation is 2. The fraction of sp³-hybridized carbons (Fsp3) is 0.538. The molecule has 0 fully saturated rings. The molecular weight excluding hydrogens is 408 g/mol. The largest absolute Gasteiger partial charge is 0.381 e. The van der Waals surface area contributed by atoms with Crippen LogP contribution >= 0.6 is 23.5 Å². The van der Waals surface area contributed by atoms with Gasteiger partial charge in [0.05, 0.1) is 6.61 Å². The third kappa shape index (κ3) is 14.1. The number of rotatable bonds is 19. The van der Waals surface area contributed by atoms with Gasteiger partial charge in [-0.2, -0.15) is 23.5 Å². The van der Waals surface area contributed by atoms with Crippen molar-refractivity contribution in [3.05, 3.63) is 71.8 Å². The summed E-state index contributed by atoms with van der Waals surface area (Å²) >= 11 is 4.02. The maximum absolute atomic E-state index is 5.75. The summed E-state index contributed by atoms with van der Waals surface area (Å²) in [5, 5.41) is 0. The molecule has 2 rings (SSSR count). The Bertz CT molecular complexity index is 551. The zero-order valence-electron chi connectivity index (χ0n) is 18.3. The predicted molar refractivity (Wildman–Crippen MR) is 135 cm³/mol. The third-order valence-corrected chi connectivity index (χ3v) is 6.80. The van der Waals surface area contributed by atoms with Crippen LogP contribution in [0.1, 0.15) is 36.8 Å². The zero-order valence-corrected chi connectivity index (χ0v) is 19.9. The summed E-state index contributed by atoms with van der Waals surface area (Å²) in [7, 11) is 0. The average Bonchev–Trinajstić information content (AvgIpc) is 2.79. The fourth-order valence-electron chi connectivity index (χ4n) is 3.04. The lowest BCUT2D eigenvalue weighted by Crippen LogP contribution is -2.02. The number of unbranched alkanes of at least 4 members (excludes halogenated alkanes) is 2. The molecule has 0 N–H and O–H groups in total. The van der Waals surface area contributed by atoms with Crippen LogP contribution in [0, 0.1) is 0 Å². The van der Waals surface area contributed by atoms with Crippen molar-refractivity contribution in [2.24, 2.45) is 0 Å². The molecule has 2 nitrogen and oxygen atoms in total. The molecular formula is C26H38O2S2. The minimum Gasteiger partial charge on any atom is -0.381 e. The summed E-state index contributed by atoms with van der Waals surface area (Å²) in [4.78, 5) is 0. The lowest BCUT2D eigenvalue weighted by atomic mass is 10.2. The van der Waals surface area contributed by atoms with Gasteiger partial charge in [0.25, 0.3) is 0 Å². The van der Waals surface area contributed by atoms with Crippen LogP contribution in [0.4, 0.5) is 0 Å². The first-order valence-electron chi connectivity index (χ1n) is 11.3. The SMILES string of the molecule is c1ccc(CCSCCCOCCCCCOCCSCCc2ccccc2)cc1.